The largest absolute Gasteiger partial charge is 0.497 e. The van der Waals surface area contributed by atoms with E-state index in [4.69, 9.17) is 9.26 Å². The molecule has 0 aliphatic carbocycles. The van der Waals surface area contributed by atoms with Crippen LogP contribution in [0.15, 0.2) is 59.1 Å². The van der Waals surface area contributed by atoms with Crippen molar-refractivity contribution in [3.63, 3.8) is 0 Å². The predicted octanol–water partition coefficient (Wildman–Crippen LogP) is 4.23. The molecule has 6 nitrogen and oxygen atoms in total. The summed E-state index contributed by atoms with van der Waals surface area (Å²) in [5, 5.41) is 7.01. The van der Waals surface area contributed by atoms with Crippen molar-refractivity contribution in [2.75, 3.05) is 26.7 Å². The van der Waals surface area contributed by atoms with E-state index >= 15 is 0 Å². The molecule has 1 aliphatic heterocycles. The van der Waals surface area contributed by atoms with Gasteiger partial charge in [0.2, 0.25) is 0 Å². The van der Waals surface area contributed by atoms with Gasteiger partial charge in [-0.15, -0.1) is 0 Å². The minimum Gasteiger partial charge on any atom is -0.497 e. The summed E-state index contributed by atoms with van der Waals surface area (Å²) >= 11 is 0. The maximum absolute atomic E-state index is 12.7. The Morgan fingerprint density at radius 1 is 1.13 bits per heavy atom. The van der Waals surface area contributed by atoms with E-state index in [0.29, 0.717) is 18.0 Å². The standard InChI is InChI=1S/C24H27N3O3/c1-17-5-7-19(8-6-17)23-15-21(26-30-23)24(28)25-16-22(27-13-3-4-14-27)18-9-11-20(29-2)12-10-18/h5-12,15,22H,3-4,13-14,16H2,1-2H3,(H,25,28)/t22-/m0/s1. The fraction of sp³-hybridized carbons (Fsp3) is 0.333. The van der Waals surface area contributed by atoms with E-state index in [0.717, 1.165) is 24.4 Å². The molecule has 1 N–H and O–H groups in total. The molecule has 0 spiro atoms. The minimum atomic E-state index is -0.227. The fourth-order valence-corrected chi connectivity index (χ4v) is 3.85. The molecule has 1 aromatic heterocycles. The van der Waals surface area contributed by atoms with Gasteiger partial charge in [-0.25, -0.2) is 0 Å². The molecule has 30 heavy (non-hydrogen) atoms. The molecule has 2 heterocycles. The van der Waals surface area contributed by atoms with Crippen LogP contribution in [0.2, 0.25) is 0 Å². The summed E-state index contributed by atoms with van der Waals surface area (Å²) in [4.78, 5) is 15.1. The van der Waals surface area contributed by atoms with E-state index in [-0.39, 0.29) is 11.9 Å². The number of nitrogens with zero attached hydrogens (tertiary/aromatic N) is 2. The van der Waals surface area contributed by atoms with Crippen molar-refractivity contribution in [1.82, 2.24) is 15.4 Å². The maximum atomic E-state index is 12.7. The molecule has 1 amide bonds. The minimum absolute atomic E-state index is 0.117. The van der Waals surface area contributed by atoms with Crippen molar-refractivity contribution in [3.8, 4) is 17.1 Å². The Morgan fingerprint density at radius 2 is 1.83 bits per heavy atom. The highest BCUT2D eigenvalue weighted by Gasteiger charge is 2.25. The summed E-state index contributed by atoms with van der Waals surface area (Å²) in [6.07, 6.45) is 2.37. The van der Waals surface area contributed by atoms with Gasteiger partial charge >= 0.3 is 0 Å². The molecule has 6 heteroatoms. The zero-order valence-electron chi connectivity index (χ0n) is 17.4. The number of amides is 1. The molecule has 1 atom stereocenters. The molecule has 1 aliphatic rings. The molecule has 2 aromatic carbocycles. The number of nitrogens with one attached hydrogen (secondary N) is 1. The molecule has 0 bridgehead atoms. The summed E-state index contributed by atoms with van der Waals surface area (Å²) in [6.45, 7) is 4.61. The topological polar surface area (TPSA) is 67.6 Å². The second-order valence-corrected chi connectivity index (χ2v) is 7.68. The fourth-order valence-electron chi connectivity index (χ4n) is 3.85. The lowest BCUT2D eigenvalue weighted by Gasteiger charge is -2.28. The number of aromatic nitrogens is 1. The van der Waals surface area contributed by atoms with E-state index < -0.39 is 0 Å². The highest BCUT2D eigenvalue weighted by Crippen LogP contribution is 2.26. The summed E-state index contributed by atoms with van der Waals surface area (Å²) in [6, 6.07) is 17.8. The van der Waals surface area contributed by atoms with Crippen molar-refractivity contribution in [2.24, 2.45) is 0 Å². The molecule has 3 aromatic rings. The highest BCUT2D eigenvalue weighted by atomic mass is 16.5. The second kappa shape index (κ2) is 9.13. The maximum Gasteiger partial charge on any atom is 0.273 e. The Labute approximate surface area is 176 Å². The van der Waals surface area contributed by atoms with Crippen LogP contribution >= 0.6 is 0 Å². The Hall–Kier alpha value is -3.12. The lowest BCUT2D eigenvalue weighted by atomic mass is 10.1. The van der Waals surface area contributed by atoms with Crippen molar-refractivity contribution in [2.45, 2.75) is 25.8 Å². The van der Waals surface area contributed by atoms with Crippen molar-refractivity contribution >= 4 is 5.91 Å². The zero-order chi connectivity index (χ0) is 20.9. The third kappa shape index (κ3) is 4.54. The van der Waals surface area contributed by atoms with Crippen molar-refractivity contribution in [3.05, 3.63) is 71.4 Å². The molecule has 1 fully saturated rings. The number of methoxy groups -OCH3 is 1. The number of benzene rings is 2. The number of carbonyl (C=O) groups excluding carboxylic acids is 1. The monoisotopic (exact) mass is 405 g/mol. The van der Waals surface area contributed by atoms with Gasteiger partial charge in [-0.1, -0.05) is 47.1 Å². The number of hydrogen-bond donors (Lipinski definition) is 1. The number of ether oxygens (including phenoxy) is 1. The molecular formula is C24H27N3O3. The van der Waals surface area contributed by atoms with Crippen molar-refractivity contribution < 1.29 is 14.1 Å². The van der Waals surface area contributed by atoms with Gasteiger partial charge in [0.25, 0.3) is 5.91 Å². The highest BCUT2D eigenvalue weighted by molar-refractivity contribution is 5.93. The molecule has 0 radical (unpaired) electrons. The predicted molar refractivity (Wildman–Crippen MR) is 116 cm³/mol. The number of likely N-dealkylation sites (tertiary alicyclic amines) is 1. The van der Waals surface area contributed by atoms with Crippen LogP contribution in [0.3, 0.4) is 0 Å². The van der Waals surface area contributed by atoms with Crippen LogP contribution in [0.25, 0.3) is 11.3 Å². The lowest BCUT2D eigenvalue weighted by molar-refractivity contribution is 0.0929. The first kappa shape index (κ1) is 20.2. The first-order valence-corrected chi connectivity index (χ1v) is 10.3. The molecular weight excluding hydrogens is 378 g/mol. The van der Waals surface area contributed by atoms with Crippen LogP contribution in [0, 0.1) is 6.92 Å². The van der Waals surface area contributed by atoms with Gasteiger partial charge in [0.15, 0.2) is 11.5 Å². The molecule has 156 valence electrons. The van der Waals surface area contributed by atoms with E-state index in [9.17, 15) is 4.79 Å². The Morgan fingerprint density at radius 3 is 2.50 bits per heavy atom. The number of carbonyl (C=O) groups is 1. The van der Waals surface area contributed by atoms with E-state index in [1.54, 1.807) is 13.2 Å². The van der Waals surface area contributed by atoms with Crippen LogP contribution in [0.1, 0.15) is 40.5 Å². The zero-order valence-corrected chi connectivity index (χ0v) is 17.4. The van der Waals surface area contributed by atoms with Crippen molar-refractivity contribution in [1.29, 1.82) is 0 Å². The smallest absolute Gasteiger partial charge is 0.273 e. The summed E-state index contributed by atoms with van der Waals surface area (Å²) in [5.74, 6) is 1.19. The average molecular weight is 405 g/mol. The molecule has 1 saturated heterocycles. The van der Waals surface area contributed by atoms with Gasteiger partial charge in [-0.3, -0.25) is 9.69 Å². The van der Waals surface area contributed by atoms with Gasteiger partial charge in [0.05, 0.1) is 13.2 Å². The van der Waals surface area contributed by atoms with Crippen LogP contribution in [-0.4, -0.2) is 42.7 Å². The average Bonchev–Trinajstić information content (AvgIpc) is 3.47. The summed E-state index contributed by atoms with van der Waals surface area (Å²) < 4.78 is 10.7. The van der Waals surface area contributed by atoms with E-state index in [2.05, 4.69) is 27.5 Å². The Balaban J connectivity index is 1.45. The molecule has 0 saturated carbocycles. The molecule has 4 rings (SSSR count). The number of hydrogen-bond acceptors (Lipinski definition) is 5. The third-order valence-corrected chi connectivity index (χ3v) is 5.62. The Kier molecular flexibility index (Phi) is 6.14. The Bertz CT molecular complexity index is 974. The van der Waals surface area contributed by atoms with Gasteiger partial charge in [-0.05, 0) is 50.6 Å². The van der Waals surface area contributed by atoms with Gasteiger partial charge in [0.1, 0.15) is 5.75 Å². The van der Waals surface area contributed by atoms with E-state index in [1.807, 2.05) is 43.3 Å². The van der Waals surface area contributed by atoms with Gasteiger partial charge in [-0.2, -0.15) is 0 Å². The SMILES string of the molecule is COc1ccc([C@H](CNC(=O)c2cc(-c3ccc(C)cc3)on2)N2CCCC2)cc1. The third-order valence-electron chi connectivity index (χ3n) is 5.62. The van der Waals surface area contributed by atoms with Crippen LogP contribution < -0.4 is 10.1 Å². The number of aryl methyl sites for hydroxylation is 1. The lowest BCUT2D eigenvalue weighted by Crippen LogP contribution is -2.36. The first-order valence-electron chi connectivity index (χ1n) is 10.3. The van der Waals surface area contributed by atoms with Crippen LogP contribution in [0.5, 0.6) is 5.75 Å². The normalized spacial score (nSPS) is 15.1. The second-order valence-electron chi connectivity index (χ2n) is 7.68. The van der Waals surface area contributed by atoms with E-state index in [1.165, 1.54) is 24.0 Å². The van der Waals surface area contributed by atoms with Crippen LogP contribution in [-0.2, 0) is 0 Å². The summed E-state index contributed by atoms with van der Waals surface area (Å²) in [5.41, 5.74) is 3.53. The quantitative estimate of drug-likeness (QED) is 0.637. The summed E-state index contributed by atoms with van der Waals surface area (Å²) in [7, 11) is 1.66. The van der Waals surface area contributed by atoms with Gasteiger partial charge < -0.3 is 14.6 Å². The molecule has 0 unspecified atom stereocenters. The first-order chi connectivity index (χ1) is 14.6. The van der Waals surface area contributed by atoms with Gasteiger partial charge in [0, 0.05) is 18.2 Å². The van der Waals surface area contributed by atoms with Crippen LogP contribution in [0.4, 0.5) is 0 Å². The number of rotatable bonds is 7.